The normalized spacial score (nSPS) is 17.0. The Morgan fingerprint density at radius 1 is 1.25 bits per heavy atom. The fourth-order valence-electron chi connectivity index (χ4n) is 3.24. The molecule has 0 aromatic heterocycles. The summed E-state index contributed by atoms with van der Waals surface area (Å²) in [5.74, 6) is 0.535. The summed E-state index contributed by atoms with van der Waals surface area (Å²) in [4.78, 5) is 32.1. The van der Waals surface area contributed by atoms with Crippen molar-refractivity contribution in [3.05, 3.63) is 53.6 Å². The van der Waals surface area contributed by atoms with E-state index in [0.29, 0.717) is 6.54 Å². The number of hydrogen-bond acceptors (Lipinski definition) is 5. The first-order chi connectivity index (χ1) is 13.5. The van der Waals surface area contributed by atoms with E-state index in [1.54, 1.807) is 23.6 Å². The number of benzene rings is 2. The summed E-state index contributed by atoms with van der Waals surface area (Å²) in [5, 5.41) is 5.80. The summed E-state index contributed by atoms with van der Waals surface area (Å²) < 4.78 is 0. The van der Waals surface area contributed by atoms with Crippen LogP contribution in [-0.4, -0.2) is 36.3 Å². The number of thioether (sulfide) groups is 1. The highest BCUT2D eigenvalue weighted by Gasteiger charge is 2.27. The Hall–Kier alpha value is -2.51. The smallest absolute Gasteiger partial charge is 0.243 e. The Labute approximate surface area is 169 Å². The second kappa shape index (κ2) is 9.12. The van der Waals surface area contributed by atoms with E-state index in [0.717, 1.165) is 27.2 Å². The van der Waals surface area contributed by atoms with Crippen molar-refractivity contribution in [3.8, 4) is 0 Å². The van der Waals surface area contributed by atoms with Gasteiger partial charge in [-0.2, -0.15) is 0 Å². The molecule has 1 heterocycles. The number of amides is 2. The first kappa shape index (κ1) is 20.2. The third kappa shape index (κ3) is 4.48. The Kier molecular flexibility index (Phi) is 6.59. The molecule has 2 aromatic carbocycles. The van der Waals surface area contributed by atoms with Crippen LogP contribution < -0.4 is 15.7 Å². The highest BCUT2D eigenvalue weighted by Crippen LogP contribution is 2.28. The molecule has 2 aromatic rings. The number of carbonyl (C=O) groups excluding carboxylic acids is 2. The summed E-state index contributed by atoms with van der Waals surface area (Å²) in [6, 6.07) is 12.9. The number of hydroxylamine groups is 1. The summed E-state index contributed by atoms with van der Waals surface area (Å²) in [7, 11) is 0. The van der Waals surface area contributed by atoms with Gasteiger partial charge in [-0.25, -0.2) is 0 Å². The molecule has 28 heavy (non-hydrogen) atoms. The monoisotopic (exact) mass is 399 g/mol. The molecule has 148 valence electrons. The molecule has 0 radical (unpaired) electrons. The van der Waals surface area contributed by atoms with Crippen molar-refractivity contribution in [1.82, 2.24) is 10.8 Å². The van der Waals surface area contributed by atoms with E-state index >= 15 is 0 Å². The van der Waals surface area contributed by atoms with Gasteiger partial charge in [0.2, 0.25) is 11.8 Å². The van der Waals surface area contributed by atoms with E-state index in [1.165, 1.54) is 6.92 Å². The maximum absolute atomic E-state index is 12.8. The van der Waals surface area contributed by atoms with E-state index < -0.39 is 6.04 Å². The van der Waals surface area contributed by atoms with E-state index in [9.17, 15) is 9.59 Å². The zero-order valence-corrected chi connectivity index (χ0v) is 17.1. The molecule has 0 spiro atoms. The second-order valence-electron chi connectivity index (χ2n) is 6.53. The van der Waals surface area contributed by atoms with Crippen molar-refractivity contribution in [2.45, 2.75) is 32.9 Å². The van der Waals surface area contributed by atoms with Gasteiger partial charge in [-0.05, 0) is 30.2 Å². The first-order valence-electron chi connectivity index (χ1n) is 9.32. The molecule has 2 atom stereocenters. The Bertz CT molecular complexity index is 894. The van der Waals surface area contributed by atoms with E-state index in [4.69, 9.17) is 4.84 Å². The maximum atomic E-state index is 12.8. The van der Waals surface area contributed by atoms with Crippen LogP contribution in [0.15, 0.2) is 53.6 Å². The number of nitrogens with zero attached hydrogens (tertiary/aromatic N) is 1. The molecular weight excluding hydrogens is 374 g/mol. The predicted molar refractivity (Wildman–Crippen MR) is 114 cm³/mol. The van der Waals surface area contributed by atoms with Gasteiger partial charge >= 0.3 is 0 Å². The Morgan fingerprint density at radius 2 is 2.00 bits per heavy atom. The lowest BCUT2D eigenvalue weighted by molar-refractivity contribution is -0.125. The molecule has 3 rings (SSSR count). The summed E-state index contributed by atoms with van der Waals surface area (Å²) in [6.07, 6.45) is 1.72. The molecule has 1 aliphatic heterocycles. The lowest BCUT2D eigenvalue weighted by Gasteiger charge is -2.28. The standard InChI is InChI=1S/C21H25N3O3S/c1-4-28-20-12-17(27-23-20)13-22-21(26)14(2)24(15(3)25)19-11-7-9-16-8-5-6-10-18(16)19/h5-12,14,17,23H,4,13H2,1-3H3,(H,22,26)/t14-,17?/m0/s1. The minimum Gasteiger partial charge on any atom is -0.351 e. The number of carbonyl (C=O) groups is 2. The van der Waals surface area contributed by atoms with Crippen LogP contribution in [0.4, 0.5) is 5.69 Å². The lowest BCUT2D eigenvalue weighted by Crippen LogP contribution is -2.49. The molecule has 0 saturated heterocycles. The molecule has 1 unspecified atom stereocenters. The fraction of sp³-hybridized carbons (Fsp3) is 0.333. The molecule has 6 nitrogen and oxygen atoms in total. The average Bonchev–Trinajstić information content (AvgIpc) is 3.14. The van der Waals surface area contributed by atoms with Crippen LogP contribution in [0.3, 0.4) is 0 Å². The minimum absolute atomic E-state index is 0.181. The number of fused-ring (bicyclic) bond motifs is 1. The Balaban J connectivity index is 1.73. The van der Waals surface area contributed by atoms with Gasteiger partial charge in [-0.1, -0.05) is 43.3 Å². The van der Waals surface area contributed by atoms with Gasteiger partial charge in [0.25, 0.3) is 0 Å². The van der Waals surface area contributed by atoms with Crippen molar-refractivity contribution in [3.63, 3.8) is 0 Å². The van der Waals surface area contributed by atoms with Crippen LogP contribution >= 0.6 is 11.8 Å². The predicted octanol–water partition coefficient (Wildman–Crippen LogP) is 3.20. The molecule has 2 N–H and O–H groups in total. The van der Waals surface area contributed by atoms with Gasteiger partial charge in [-0.15, -0.1) is 11.8 Å². The molecule has 7 heteroatoms. The summed E-state index contributed by atoms with van der Waals surface area (Å²) in [6.45, 7) is 5.62. The highest BCUT2D eigenvalue weighted by molar-refractivity contribution is 8.02. The van der Waals surface area contributed by atoms with Crippen LogP contribution in [-0.2, 0) is 14.4 Å². The van der Waals surface area contributed by atoms with Crippen LogP contribution in [0.25, 0.3) is 10.8 Å². The SMILES string of the molecule is CCSC1=CC(CNC(=O)[C@H](C)N(C(C)=O)c2cccc3ccccc23)ON1. The average molecular weight is 400 g/mol. The number of rotatable bonds is 7. The van der Waals surface area contributed by atoms with Crippen molar-refractivity contribution >= 4 is 40.0 Å². The molecule has 2 amide bonds. The summed E-state index contributed by atoms with van der Waals surface area (Å²) in [5.41, 5.74) is 3.59. The Morgan fingerprint density at radius 3 is 2.75 bits per heavy atom. The number of nitrogens with one attached hydrogen (secondary N) is 2. The van der Waals surface area contributed by atoms with E-state index in [-0.39, 0.29) is 17.9 Å². The maximum Gasteiger partial charge on any atom is 0.243 e. The van der Waals surface area contributed by atoms with Gasteiger partial charge in [0.1, 0.15) is 12.1 Å². The van der Waals surface area contributed by atoms with Crippen LogP contribution in [0.1, 0.15) is 20.8 Å². The van der Waals surface area contributed by atoms with Gasteiger partial charge in [0, 0.05) is 12.3 Å². The van der Waals surface area contributed by atoms with Crippen LogP contribution in [0, 0.1) is 0 Å². The fourth-order valence-corrected chi connectivity index (χ4v) is 3.91. The van der Waals surface area contributed by atoms with Gasteiger partial charge in [-0.3, -0.25) is 24.8 Å². The second-order valence-corrected chi connectivity index (χ2v) is 7.84. The van der Waals surface area contributed by atoms with Gasteiger partial charge in [0.05, 0.1) is 17.3 Å². The molecule has 0 fully saturated rings. The zero-order valence-electron chi connectivity index (χ0n) is 16.3. The third-order valence-electron chi connectivity index (χ3n) is 4.56. The van der Waals surface area contributed by atoms with E-state index in [2.05, 4.69) is 17.7 Å². The van der Waals surface area contributed by atoms with Crippen molar-refractivity contribution in [2.24, 2.45) is 0 Å². The summed E-state index contributed by atoms with van der Waals surface area (Å²) >= 11 is 1.65. The molecule has 0 aliphatic carbocycles. The minimum atomic E-state index is -0.647. The molecular formula is C21H25N3O3S. The van der Waals surface area contributed by atoms with Gasteiger partial charge < -0.3 is 5.32 Å². The van der Waals surface area contributed by atoms with Crippen LogP contribution in [0.5, 0.6) is 0 Å². The van der Waals surface area contributed by atoms with Crippen molar-refractivity contribution < 1.29 is 14.4 Å². The lowest BCUT2D eigenvalue weighted by atomic mass is 10.1. The largest absolute Gasteiger partial charge is 0.351 e. The molecule has 0 bridgehead atoms. The van der Waals surface area contributed by atoms with E-state index in [1.807, 2.05) is 48.5 Å². The van der Waals surface area contributed by atoms with Gasteiger partial charge in [0.15, 0.2) is 0 Å². The zero-order chi connectivity index (χ0) is 20.1. The molecule has 1 aliphatic rings. The van der Waals surface area contributed by atoms with Crippen molar-refractivity contribution in [2.75, 3.05) is 17.2 Å². The quantitative estimate of drug-likeness (QED) is 0.748. The number of hydrogen-bond donors (Lipinski definition) is 2. The topological polar surface area (TPSA) is 70.7 Å². The molecule has 0 saturated carbocycles. The third-order valence-corrected chi connectivity index (χ3v) is 5.38. The number of anilines is 1. The van der Waals surface area contributed by atoms with Crippen LogP contribution in [0.2, 0.25) is 0 Å². The highest BCUT2D eigenvalue weighted by atomic mass is 32.2. The first-order valence-corrected chi connectivity index (χ1v) is 10.3. The van der Waals surface area contributed by atoms with Crippen molar-refractivity contribution in [1.29, 1.82) is 0 Å².